The summed E-state index contributed by atoms with van der Waals surface area (Å²) in [6.45, 7) is 4.68. The lowest BCUT2D eigenvalue weighted by atomic mass is 9.68. The van der Waals surface area contributed by atoms with E-state index in [9.17, 15) is 0 Å². The van der Waals surface area contributed by atoms with E-state index in [1.807, 2.05) is 0 Å². The van der Waals surface area contributed by atoms with E-state index in [0.717, 1.165) is 22.4 Å². The van der Waals surface area contributed by atoms with Gasteiger partial charge in [0.1, 0.15) is 0 Å². The maximum atomic E-state index is 6.88. The van der Waals surface area contributed by atoms with E-state index in [1.54, 1.807) is 0 Å². The topological polar surface area (TPSA) is 0 Å². The fourth-order valence-electron chi connectivity index (χ4n) is 5.85. The molecular formula is C31H37Cl. The van der Waals surface area contributed by atoms with Crippen molar-refractivity contribution in [2.24, 2.45) is 11.8 Å². The zero-order valence-corrected chi connectivity index (χ0v) is 20.5. The number of rotatable bonds is 8. The van der Waals surface area contributed by atoms with Gasteiger partial charge in [0.15, 0.2) is 0 Å². The van der Waals surface area contributed by atoms with Gasteiger partial charge in [0.25, 0.3) is 0 Å². The van der Waals surface area contributed by atoms with Crippen molar-refractivity contribution in [1.82, 2.24) is 0 Å². The quantitative estimate of drug-likeness (QED) is 0.324. The molecule has 1 aliphatic carbocycles. The molecule has 1 heteroatoms. The van der Waals surface area contributed by atoms with E-state index in [1.165, 1.54) is 73.6 Å². The van der Waals surface area contributed by atoms with Crippen molar-refractivity contribution in [1.29, 1.82) is 0 Å². The first-order valence-corrected chi connectivity index (χ1v) is 13.0. The van der Waals surface area contributed by atoms with Gasteiger partial charge < -0.3 is 0 Å². The fraction of sp³-hybridized carbons (Fsp3) is 0.419. The minimum absolute atomic E-state index is 0.629. The molecule has 0 radical (unpaired) electrons. The first-order valence-electron chi connectivity index (χ1n) is 12.7. The number of halogens is 1. The fourth-order valence-corrected chi connectivity index (χ4v) is 6.14. The first kappa shape index (κ1) is 23.1. The Morgan fingerprint density at radius 2 is 1.50 bits per heavy atom. The Hall–Kier alpha value is -2.05. The molecule has 0 bridgehead atoms. The predicted molar refractivity (Wildman–Crippen MR) is 140 cm³/mol. The lowest BCUT2D eigenvalue weighted by molar-refractivity contribution is 0.183. The Morgan fingerprint density at radius 3 is 2.19 bits per heavy atom. The molecule has 168 valence electrons. The first-order chi connectivity index (χ1) is 15.7. The highest BCUT2D eigenvalue weighted by Crippen LogP contribution is 2.45. The highest BCUT2D eigenvalue weighted by atomic mass is 35.5. The van der Waals surface area contributed by atoms with E-state index in [4.69, 9.17) is 11.6 Å². The van der Waals surface area contributed by atoms with Crippen molar-refractivity contribution in [2.45, 2.75) is 71.1 Å². The summed E-state index contributed by atoms with van der Waals surface area (Å²) in [5, 5.41) is 0.884. The second-order valence-electron chi connectivity index (χ2n) is 9.55. The van der Waals surface area contributed by atoms with Crippen LogP contribution < -0.4 is 0 Å². The van der Waals surface area contributed by atoms with Crippen LogP contribution in [0.3, 0.4) is 0 Å². The van der Waals surface area contributed by atoms with Crippen LogP contribution >= 0.6 is 11.6 Å². The highest BCUT2D eigenvalue weighted by molar-refractivity contribution is 6.33. The van der Waals surface area contributed by atoms with E-state index < -0.39 is 0 Å². The molecule has 1 saturated carbocycles. The lowest BCUT2D eigenvalue weighted by Gasteiger charge is -2.37. The predicted octanol–water partition coefficient (Wildman–Crippen LogP) is 10.2. The molecule has 0 saturated heterocycles. The van der Waals surface area contributed by atoms with Gasteiger partial charge >= 0.3 is 0 Å². The van der Waals surface area contributed by atoms with Crippen molar-refractivity contribution in [2.75, 3.05) is 0 Å². The van der Waals surface area contributed by atoms with Crippen LogP contribution in [0.5, 0.6) is 0 Å². The van der Waals surface area contributed by atoms with E-state index >= 15 is 0 Å². The van der Waals surface area contributed by atoms with Crippen LogP contribution in [-0.4, -0.2) is 0 Å². The minimum Gasteiger partial charge on any atom is -0.0837 e. The van der Waals surface area contributed by atoms with Gasteiger partial charge in [0.2, 0.25) is 0 Å². The number of hydrogen-bond donors (Lipinski definition) is 0. The largest absolute Gasteiger partial charge is 0.0837 e. The zero-order valence-electron chi connectivity index (χ0n) is 19.7. The molecule has 3 atom stereocenters. The third kappa shape index (κ3) is 5.29. The molecule has 1 aliphatic rings. The van der Waals surface area contributed by atoms with Crippen LogP contribution in [0.15, 0.2) is 72.8 Å². The van der Waals surface area contributed by atoms with Gasteiger partial charge in [-0.05, 0) is 58.9 Å². The molecule has 3 aromatic rings. The van der Waals surface area contributed by atoms with E-state index in [2.05, 4.69) is 86.6 Å². The van der Waals surface area contributed by atoms with Gasteiger partial charge in [-0.25, -0.2) is 0 Å². The second kappa shape index (κ2) is 11.2. The molecule has 0 spiro atoms. The second-order valence-corrected chi connectivity index (χ2v) is 9.96. The van der Waals surface area contributed by atoms with Crippen molar-refractivity contribution < 1.29 is 0 Å². The average molecular weight is 445 g/mol. The summed E-state index contributed by atoms with van der Waals surface area (Å²) in [4.78, 5) is 0. The third-order valence-electron chi connectivity index (χ3n) is 7.58. The van der Waals surface area contributed by atoms with Gasteiger partial charge in [-0.1, -0.05) is 131 Å². The van der Waals surface area contributed by atoms with E-state index in [0.29, 0.717) is 5.92 Å². The Kier molecular flexibility index (Phi) is 8.09. The number of hydrogen-bond acceptors (Lipinski definition) is 0. The average Bonchev–Trinajstić information content (AvgIpc) is 2.85. The molecule has 0 aromatic heterocycles. The van der Waals surface area contributed by atoms with Gasteiger partial charge in [-0.3, -0.25) is 0 Å². The summed E-state index contributed by atoms with van der Waals surface area (Å²) < 4.78 is 0. The summed E-state index contributed by atoms with van der Waals surface area (Å²) in [7, 11) is 0. The van der Waals surface area contributed by atoms with Crippen molar-refractivity contribution >= 4 is 11.6 Å². The third-order valence-corrected chi connectivity index (χ3v) is 7.89. The zero-order chi connectivity index (χ0) is 22.3. The smallest absolute Gasteiger partial charge is 0.0487 e. The Labute approximate surface area is 200 Å². The molecule has 0 aliphatic heterocycles. The molecule has 0 N–H and O–H groups in total. The van der Waals surface area contributed by atoms with Crippen molar-refractivity contribution in [3.8, 4) is 22.3 Å². The summed E-state index contributed by atoms with van der Waals surface area (Å²) in [5.41, 5.74) is 6.25. The Bertz CT molecular complexity index is 973. The maximum Gasteiger partial charge on any atom is 0.0487 e. The van der Waals surface area contributed by atoms with Crippen LogP contribution in [0.1, 0.15) is 76.7 Å². The van der Waals surface area contributed by atoms with Crippen LogP contribution in [0.4, 0.5) is 0 Å². The SMILES string of the molecule is CCCCC1CCCCC1C(CC)c1ccc(-c2ccc(-c3ccccc3)cc2)c(Cl)c1. The highest BCUT2D eigenvalue weighted by Gasteiger charge is 2.31. The lowest BCUT2D eigenvalue weighted by Crippen LogP contribution is -2.25. The van der Waals surface area contributed by atoms with Crippen LogP contribution in [0.25, 0.3) is 22.3 Å². The molecule has 3 unspecified atom stereocenters. The normalized spacial score (nSPS) is 19.6. The summed E-state index contributed by atoms with van der Waals surface area (Å²) in [6.07, 6.45) is 10.9. The summed E-state index contributed by atoms with van der Waals surface area (Å²) >= 11 is 6.88. The van der Waals surface area contributed by atoms with Crippen LogP contribution in [0.2, 0.25) is 5.02 Å². The van der Waals surface area contributed by atoms with Gasteiger partial charge in [-0.2, -0.15) is 0 Å². The monoisotopic (exact) mass is 444 g/mol. The molecule has 0 heterocycles. The van der Waals surface area contributed by atoms with Gasteiger partial charge in [0, 0.05) is 10.6 Å². The molecular weight excluding hydrogens is 408 g/mol. The molecule has 4 rings (SSSR count). The van der Waals surface area contributed by atoms with E-state index in [-0.39, 0.29) is 0 Å². The van der Waals surface area contributed by atoms with Crippen LogP contribution in [0, 0.1) is 11.8 Å². The molecule has 1 fully saturated rings. The van der Waals surface area contributed by atoms with Gasteiger partial charge in [-0.15, -0.1) is 0 Å². The van der Waals surface area contributed by atoms with Crippen LogP contribution in [-0.2, 0) is 0 Å². The van der Waals surface area contributed by atoms with Crippen molar-refractivity contribution in [3.63, 3.8) is 0 Å². The minimum atomic E-state index is 0.629. The van der Waals surface area contributed by atoms with Crippen molar-refractivity contribution in [3.05, 3.63) is 83.4 Å². The summed E-state index contributed by atoms with van der Waals surface area (Å²) in [6, 6.07) is 26.2. The number of benzene rings is 3. The molecule has 32 heavy (non-hydrogen) atoms. The molecule has 0 amide bonds. The Morgan fingerprint density at radius 1 is 0.812 bits per heavy atom. The standard InChI is InChI=1S/C31H37Cl/c1-3-5-11-25-14-9-10-15-29(25)28(4-2)27-20-21-30(31(32)22-27)26-18-16-24(17-19-26)23-12-7-6-8-13-23/h6-8,12-13,16-22,25,28-29H,3-5,9-11,14-15H2,1-2H3. The molecule has 3 aromatic carbocycles. The maximum absolute atomic E-state index is 6.88. The summed E-state index contributed by atoms with van der Waals surface area (Å²) in [5.74, 6) is 2.33. The Balaban J connectivity index is 1.55. The molecule has 0 nitrogen and oxygen atoms in total. The number of unbranched alkanes of at least 4 members (excludes halogenated alkanes) is 1. The van der Waals surface area contributed by atoms with Gasteiger partial charge in [0.05, 0.1) is 0 Å².